The third-order valence-electron chi connectivity index (χ3n) is 18.9. The Morgan fingerprint density at radius 2 is 1.06 bits per heavy atom. The lowest BCUT2D eigenvalue weighted by molar-refractivity contribution is -0.145. The molecule has 4 saturated carbocycles. The summed E-state index contributed by atoms with van der Waals surface area (Å²) in [5.74, 6) is 1.17. The molecule has 12 heteroatoms. The Morgan fingerprint density at radius 3 is 1.47 bits per heavy atom. The van der Waals surface area contributed by atoms with E-state index in [1.807, 2.05) is 43.3 Å². The van der Waals surface area contributed by atoms with Crippen molar-refractivity contribution in [1.82, 2.24) is 9.97 Å². The molecule has 0 radical (unpaired) electrons. The van der Waals surface area contributed by atoms with Crippen LogP contribution in [0, 0.1) is 34.3 Å². The molecule has 1 N–H and O–H groups in total. The lowest BCUT2D eigenvalue weighted by Crippen LogP contribution is -2.17. The van der Waals surface area contributed by atoms with Gasteiger partial charge in [-0.3, -0.25) is 9.59 Å². The first-order valence-corrected chi connectivity index (χ1v) is 28.0. The fraction of sp³-hybridized carbons (Fsp3) is 0.455. The highest BCUT2D eigenvalue weighted by atomic mass is 19.1. The lowest BCUT2D eigenvalue weighted by Gasteiger charge is -2.30. The number of hydrogen-bond acceptors (Lipinski definition) is 9. The maximum absolute atomic E-state index is 15.0. The molecule has 2 heterocycles. The van der Waals surface area contributed by atoms with Crippen LogP contribution < -0.4 is 18.9 Å². The van der Waals surface area contributed by atoms with Crippen LogP contribution >= 0.6 is 0 Å². The van der Waals surface area contributed by atoms with E-state index < -0.39 is 5.97 Å². The predicted molar refractivity (Wildman–Crippen MR) is 295 cm³/mol. The van der Waals surface area contributed by atoms with Gasteiger partial charge in [-0.05, 0) is 174 Å². The van der Waals surface area contributed by atoms with Crippen LogP contribution in [0.5, 0.6) is 23.3 Å². The van der Waals surface area contributed by atoms with Crippen LogP contribution in [0.15, 0.2) is 97.3 Å². The fourth-order valence-electron chi connectivity index (χ4n) is 14.4. The zero-order chi connectivity index (χ0) is 54.7. The van der Waals surface area contributed by atoms with Crippen LogP contribution in [-0.4, -0.2) is 47.8 Å². The van der Waals surface area contributed by atoms with E-state index in [-0.39, 0.29) is 51.1 Å². The van der Waals surface area contributed by atoms with Crippen LogP contribution in [0.2, 0.25) is 0 Å². The Bertz CT molecular complexity index is 3300. The van der Waals surface area contributed by atoms with Crippen molar-refractivity contribution in [1.29, 1.82) is 0 Å². The summed E-state index contributed by atoms with van der Waals surface area (Å²) in [4.78, 5) is 32.2. The molecule has 2 aromatic heterocycles. The van der Waals surface area contributed by atoms with Crippen molar-refractivity contribution < 1.29 is 47.2 Å². The van der Waals surface area contributed by atoms with Gasteiger partial charge in [0, 0.05) is 34.1 Å². The number of nitrogens with zero attached hydrogens (tertiary/aromatic N) is 2. The van der Waals surface area contributed by atoms with Crippen LogP contribution in [-0.2, 0) is 51.2 Å². The molecule has 408 valence electrons. The zero-order valence-electron chi connectivity index (χ0n) is 46.1. The largest absolute Gasteiger partial charge is 0.489 e. The number of fused-ring (bicyclic) bond motifs is 4. The summed E-state index contributed by atoms with van der Waals surface area (Å²) < 4.78 is 58.6. The first-order chi connectivity index (χ1) is 37.5. The van der Waals surface area contributed by atoms with E-state index in [0.717, 1.165) is 127 Å². The van der Waals surface area contributed by atoms with Crippen molar-refractivity contribution >= 4 is 11.9 Å². The second-order valence-electron chi connectivity index (χ2n) is 24.3. The third kappa shape index (κ3) is 9.91. The average Bonchev–Trinajstić information content (AvgIpc) is 4.31. The Hall–Kier alpha value is -6.82. The van der Waals surface area contributed by atoms with Crippen molar-refractivity contribution in [2.45, 2.75) is 148 Å². The van der Waals surface area contributed by atoms with Gasteiger partial charge in [0.15, 0.2) is 0 Å². The van der Waals surface area contributed by atoms with Crippen LogP contribution in [0.4, 0.5) is 8.78 Å². The number of ether oxygens (including phenoxy) is 5. The van der Waals surface area contributed by atoms with E-state index in [1.165, 1.54) is 36.2 Å². The van der Waals surface area contributed by atoms with Gasteiger partial charge in [0.25, 0.3) is 0 Å². The summed E-state index contributed by atoms with van der Waals surface area (Å²) in [6.07, 6.45) is 14.6. The molecule has 6 aliphatic carbocycles. The number of carbonyl (C=O) groups excluding carboxylic acids is 1. The van der Waals surface area contributed by atoms with Gasteiger partial charge in [-0.25, -0.2) is 18.7 Å². The van der Waals surface area contributed by atoms with Gasteiger partial charge in [0.1, 0.15) is 36.3 Å². The van der Waals surface area contributed by atoms with E-state index in [0.29, 0.717) is 54.5 Å². The Balaban J connectivity index is 0.000000166. The maximum atomic E-state index is 15.0. The highest BCUT2D eigenvalue weighted by Crippen LogP contribution is 2.63. The molecule has 0 saturated heterocycles. The standard InChI is InChI=1S/C34H38FNO4.C32H34FNO4/c1-5-39-32(37)29-18-34(29)14-12-22-9-10-23(16-28(22)34)40-20-21-8-11-24(26-17-31(38-4)36-19-30(26)35)25(15-21)27-7-6-13-33(27,2)3;1-31(2)11-4-5-25(31)23-13-19(6-9-22(23)24-15-29(37-3)34-17-28(24)33)18-38-21-8-7-20-10-12-32(26(20)14-21)16-27(32)30(35)36/h8-11,15-17,19,27,29H,5-7,12-14,18,20H2,1-4H3;6-9,13-15,17,25,27H,4-5,10-12,16,18H2,1-3H3,(H,35,36)/t27-,29-,34-;25-,27-,32-/m00/s1. The first kappa shape index (κ1) is 53.2. The number of methoxy groups -OCH3 is 2. The number of aromatic nitrogens is 2. The van der Waals surface area contributed by atoms with E-state index in [4.69, 9.17) is 23.7 Å². The summed E-state index contributed by atoms with van der Waals surface area (Å²) >= 11 is 0. The fourth-order valence-corrected chi connectivity index (χ4v) is 14.4. The number of benzene rings is 4. The summed E-state index contributed by atoms with van der Waals surface area (Å²) in [5.41, 5.74) is 12.0. The summed E-state index contributed by atoms with van der Waals surface area (Å²) in [5, 5.41) is 9.56. The Kier molecular flexibility index (Phi) is 14.2. The quantitative estimate of drug-likeness (QED) is 0.0994. The van der Waals surface area contributed by atoms with Gasteiger partial charge >= 0.3 is 11.9 Å². The molecule has 2 spiro atoms. The topological polar surface area (TPSA) is 126 Å². The third-order valence-corrected chi connectivity index (χ3v) is 18.9. The molecule has 10 nitrogen and oxygen atoms in total. The number of carboxylic acid groups (broad SMARTS) is 1. The molecule has 6 atom stereocenters. The number of pyridine rings is 2. The minimum Gasteiger partial charge on any atom is -0.489 e. The number of carbonyl (C=O) groups is 2. The number of esters is 1. The van der Waals surface area contributed by atoms with Gasteiger partial charge in [0.05, 0.1) is 45.1 Å². The zero-order valence-corrected chi connectivity index (χ0v) is 46.1. The van der Waals surface area contributed by atoms with Crippen LogP contribution in [0.3, 0.4) is 0 Å². The second kappa shape index (κ2) is 20.8. The van der Waals surface area contributed by atoms with E-state index in [1.54, 1.807) is 19.2 Å². The van der Waals surface area contributed by atoms with Crippen LogP contribution in [0.1, 0.15) is 155 Å². The number of aryl methyl sites for hydroxylation is 2. The molecule has 0 bridgehead atoms. The average molecular weight is 1060 g/mol. The summed E-state index contributed by atoms with van der Waals surface area (Å²) in [7, 11) is 3.09. The molecule has 12 rings (SSSR count). The van der Waals surface area contributed by atoms with Gasteiger partial charge in [-0.15, -0.1) is 0 Å². The number of aliphatic carboxylic acids is 1. The maximum Gasteiger partial charge on any atom is 0.309 e. The van der Waals surface area contributed by atoms with Gasteiger partial charge in [-0.2, -0.15) is 0 Å². The van der Waals surface area contributed by atoms with Crippen molar-refractivity contribution in [3.8, 4) is 45.5 Å². The molecule has 78 heavy (non-hydrogen) atoms. The van der Waals surface area contributed by atoms with Crippen molar-refractivity contribution in [3.63, 3.8) is 0 Å². The molecule has 0 aliphatic heterocycles. The van der Waals surface area contributed by atoms with Gasteiger partial charge < -0.3 is 28.8 Å². The smallest absolute Gasteiger partial charge is 0.309 e. The monoisotopic (exact) mass is 1060 g/mol. The summed E-state index contributed by atoms with van der Waals surface area (Å²) in [6.45, 7) is 12.3. The Labute approximate surface area is 457 Å². The number of rotatable bonds is 15. The summed E-state index contributed by atoms with van der Waals surface area (Å²) in [6, 6.07) is 28.2. The molecular formula is C66H72F2N2O8. The number of carboxylic acids is 1. The van der Waals surface area contributed by atoms with E-state index in [2.05, 4.69) is 74.1 Å². The molecule has 6 aliphatic rings. The first-order valence-electron chi connectivity index (χ1n) is 28.0. The Morgan fingerprint density at radius 1 is 0.603 bits per heavy atom. The molecular weight excluding hydrogens is 987 g/mol. The van der Waals surface area contributed by atoms with Crippen molar-refractivity contribution in [2.24, 2.45) is 22.7 Å². The minimum atomic E-state index is -0.699. The lowest BCUT2D eigenvalue weighted by atomic mass is 9.75. The molecule has 4 fully saturated rings. The normalized spacial score (nSPS) is 24.5. The highest BCUT2D eigenvalue weighted by Gasteiger charge is 2.63. The number of hydrogen-bond donors (Lipinski definition) is 1. The molecule has 4 aromatic carbocycles. The molecule has 6 aromatic rings. The predicted octanol–water partition coefficient (Wildman–Crippen LogP) is 14.6. The van der Waals surface area contributed by atoms with E-state index in [9.17, 15) is 19.1 Å². The van der Waals surface area contributed by atoms with Crippen molar-refractivity contribution in [2.75, 3.05) is 20.8 Å². The van der Waals surface area contributed by atoms with Gasteiger partial charge in [-0.1, -0.05) is 89.1 Å². The minimum absolute atomic E-state index is 0.0407. The molecule has 0 unspecified atom stereocenters. The second-order valence-corrected chi connectivity index (χ2v) is 24.3. The van der Waals surface area contributed by atoms with Crippen molar-refractivity contribution in [3.05, 3.63) is 153 Å². The SMILES string of the molecule is CCOC(=O)[C@@H]1C[C@]12CCc1ccc(OCc3ccc(-c4cc(OC)ncc4F)c([C@@H]4CCCC4(C)C)c3)cc12.COc1cc(-c2ccc(COc3ccc4c(c3)[C@]3(CC4)C[C@H]3C(=O)O)cc2[C@@H]2CCCC2(C)C)c(F)cn1. The highest BCUT2D eigenvalue weighted by molar-refractivity contribution is 5.80. The van der Waals surface area contributed by atoms with Crippen LogP contribution in [0.25, 0.3) is 22.3 Å². The van der Waals surface area contributed by atoms with Gasteiger partial charge in [0.2, 0.25) is 11.8 Å². The number of halogens is 2. The van der Waals surface area contributed by atoms with E-state index >= 15 is 4.39 Å². The molecule has 0 amide bonds.